The number of furan rings is 1. The largest absolute Gasteiger partial charge is 0.465 e. The SMILES string of the molecule is Cc1ccc(CNCC(C)(C)CC(C)C)o1.Cl. The second-order valence-electron chi connectivity index (χ2n) is 5.88. The molecular formula is C14H26ClNO. The van der Waals surface area contributed by atoms with E-state index in [0.29, 0.717) is 5.41 Å². The molecule has 1 N–H and O–H groups in total. The number of aryl methyl sites for hydroxylation is 1. The van der Waals surface area contributed by atoms with Crippen molar-refractivity contribution in [3.05, 3.63) is 23.7 Å². The molecule has 0 radical (unpaired) electrons. The van der Waals surface area contributed by atoms with Gasteiger partial charge in [-0.25, -0.2) is 0 Å². The number of nitrogens with one attached hydrogen (secondary N) is 1. The second-order valence-corrected chi connectivity index (χ2v) is 5.88. The summed E-state index contributed by atoms with van der Waals surface area (Å²) in [6.07, 6.45) is 1.25. The van der Waals surface area contributed by atoms with E-state index >= 15 is 0 Å². The summed E-state index contributed by atoms with van der Waals surface area (Å²) < 4.78 is 5.52. The molecule has 1 aromatic rings. The maximum atomic E-state index is 5.52. The quantitative estimate of drug-likeness (QED) is 0.829. The molecule has 0 aliphatic rings. The first kappa shape index (κ1) is 16.5. The molecule has 100 valence electrons. The average molecular weight is 260 g/mol. The Balaban J connectivity index is 0.00000256. The van der Waals surface area contributed by atoms with Crippen LogP contribution in [-0.4, -0.2) is 6.54 Å². The summed E-state index contributed by atoms with van der Waals surface area (Å²) in [5.74, 6) is 2.76. The van der Waals surface area contributed by atoms with Gasteiger partial charge in [0.2, 0.25) is 0 Å². The van der Waals surface area contributed by atoms with Gasteiger partial charge in [-0.1, -0.05) is 27.7 Å². The first-order valence-corrected chi connectivity index (χ1v) is 6.15. The van der Waals surface area contributed by atoms with E-state index in [2.05, 4.69) is 33.0 Å². The molecule has 0 bridgehead atoms. The van der Waals surface area contributed by atoms with E-state index in [1.54, 1.807) is 0 Å². The van der Waals surface area contributed by atoms with Crippen LogP contribution in [0.3, 0.4) is 0 Å². The van der Waals surface area contributed by atoms with E-state index in [1.165, 1.54) is 6.42 Å². The molecule has 0 atom stereocenters. The molecule has 1 aromatic heterocycles. The smallest absolute Gasteiger partial charge is 0.117 e. The van der Waals surface area contributed by atoms with Crippen LogP contribution in [0, 0.1) is 18.3 Å². The highest BCUT2D eigenvalue weighted by molar-refractivity contribution is 5.85. The Labute approximate surface area is 112 Å². The third-order valence-corrected chi connectivity index (χ3v) is 2.66. The fourth-order valence-corrected chi connectivity index (χ4v) is 2.28. The van der Waals surface area contributed by atoms with E-state index in [1.807, 2.05) is 19.1 Å². The minimum atomic E-state index is 0. The minimum absolute atomic E-state index is 0. The molecule has 0 spiro atoms. The molecule has 0 saturated heterocycles. The van der Waals surface area contributed by atoms with Gasteiger partial charge in [0.25, 0.3) is 0 Å². The molecule has 2 nitrogen and oxygen atoms in total. The molecule has 1 rings (SSSR count). The molecule has 0 aromatic carbocycles. The average Bonchev–Trinajstić information content (AvgIpc) is 2.48. The maximum absolute atomic E-state index is 5.52. The lowest BCUT2D eigenvalue weighted by Crippen LogP contribution is -2.30. The Morgan fingerprint density at radius 1 is 1.29 bits per heavy atom. The van der Waals surface area contributed by atoms with Gasteiger partial charge in [0.05, 0.1) is 6.54 Å². The minimum Gasteiger partial charge on any atom is -0.465 e. The zero-order valence-corrected chi connectivity index (χ0v) is 12.5. The van der Waals surface area contributed by atoms with Crippen molar-refractivity contribution in [2.24, 2.45) is 11.3 Å². The zero-order valence-electron chi connectivity index (χ0n) is 11.7. The van der Waals surface area contributed by atoms with Crippen LogP contribution in [-0.2, 0) is 6.54 Å². The van der Waals surface area contributed by atoms with E-state index in [-0.39, 0.29) is 12.4 Å². The molecule has 0 aliphatic heterocycles. The Hall–Kier alpha value is -0.470. The first-order valence-electron chi connectivity index (χ1n) is 6.15. The molecule has 17 heavy (non-hydrogen) atoms. The van der Waals surface area contributed by atoms with Crippen molar-refractivity contribution < 1.29 is 4.42 Å². The predicted molar refractivity (Wildman–Crippen MR) is 75.6 cm³/mol. The van der Waals surface area contributed by atoms with E-state index in [9.17, 15) is 0 Å². The summed E-state index contributed by atoms with van der Waals surface area (Å²) in [5, 5.41) is 3.47. The summed E-state index contributed by atoms with van der Waals surface area (Å²) in [5.41, 5.74) is 0.357. The number of halogens is 1. The van der Waals surface area contributed by atoms with Gasteiger partial charge in [0.1, 0.15) is 11.5 Å². The van der Waals surface area contributed by atoms with Gasteiger partial charge in [-0.3, -0.25) is 0 Å². The summed E-state index contributed by atoms with van der Waals surface area (Å²) in [4.78, 5) is 0. The van der Waals surface area contributed by atoms with E-state index < -0.39 is 0 Å². The van der Waals surface area contributed by atoms with Crippen molar-refractivity contribution in [1.29, 1.82) is 0 Å². The standard InChI is InChI=1S/C14H25NO.ClH/c1-11(2)8-14(4,5)10-15-9-13-7-6-12(3)16-13;/h6-7,11,15H,8-10H2,1-5H3;1H. The summed E-state index contributed by atoms with van der Waals surface area (Å²) in [6.45, 7) is 13.0. The van der Waals surface area contributed by atoms with Gasteiger partial charge in [-0.05, 0) is 36.8 Å². The van der Waals surface area contributed by atoms with Crippen molar-refractivity contribution in [3.63, 3.8) is 0 Å². The molecule has 1 heterocycles. The molecule has 0 saturated carbocycles. The van der Waals surface area contributed by atoms with E-state index in [0.717, 1.165) is 30.5 Å². The van der Waals surface area contributed by atoms with Crippen LogP contribution < -0.4 is 5.32 Å². The summed E-state index contributed by atoms with van der Waals surface area (Å²) in [6, 6.07) is 4.05. The Bertz CT molecular complexity index is 318. The van der Waals surface area contributed by atoms with Crippen LogP contribution in [0.1, 0.15) is 45.6 Å². The number of rotatable bonds is 6. The molecule has 0 unspecified atom stereocenters. The Morgan fingerprint density at radius 3 is 2.41 bits per heavy atom. The van der Waals surface area contributed by atoms with Crippen molar-refractivity contribution in [1.82, 2.24) is 5.32 Å². The highest BCUT2D eigenvalue weighted by atomic mass is 35.5. The Kier molecular flexibility index (Phi) is 6.88. The molecule has 0 amide bonds. The number of hydrogen-bond donors (Lipinski definition) is 1. The normalized spacial score (nSPS) is 11.6. The third-order valence-electron chi connectivity index (χ3n) is 2.66. The predicted octanol–water partition coefficient (Wildman–Crippen LogP) is 4.17. The van der Waals surface area contributed by atoms with Gasteiger partial charge >= 0.3 is 0 Å². The van der Waals surface area contributed by atoms with Gasteiger partial charge in [0, 0.05) is 6.54 Å². The van der Waals surface area contributed by atoms with Crippen LogP contribution >= 0.6 is 12.4 Å². The van der Waals surface area contributed by atoms with Crippen molar-refractivity contribution in [2.75, 3.05) is 6.54 Å². The van der Waals surface area contributed by atoms with Crippen LogP contribution in [0.4, 0.5) is 0 Å². The van der Waals surface area contributed by atoms with Gasteiger partial charge < -0.3 is 9.73 Å². The highest BCUT2D eigenvalue weighted by Gasteiger charge is 2.18. The van der Waals surface area contributed by atoms with Crippen molar-refractivity contribution in [2.45, 2.75) is 47.6 Å². The lowest BCUT2D eigenvalue weighted by molar-refractivity contribution is 0.269. The molecule has 0 fully saturated rings. The summed E-state index contributed by atoms with van der Waals surface area (Å²) in [7, 11) is 0. The molecular weight excluding hydrogens is 234 g/mol. The summed E-state index contributed by atoms with van der Waals surface area (Å²) >= 11 is 0. The zero-order chi connectivity index (χ0) is 12.2. The highest BCUT2D eigenvalue weighted by Crippen LogP contribution is 2.24. The van der Waals surface area contributed by atoms with Crippen LogP contribution in [0.15, 0.2) is 16.5 Å². The van der Waals surface area contributed by atoms with Gasteiger partial charge in [-0.15, -0.1) is 12.4 Å². The van der Waals surface area contributed by atoms with Gasteiger partial charge in [-0.2, -0.15) is 0 Å². The lowest BCUT2D eigenvalue weighted by Gasteiger charge is -2.26. The maximum Gasteiger partial charge on any atom is 0.117 e. The second kappa shape index (κ2) is 7.07. The lowest BCUT2D eigenvalue weighted by atomic mass is 9.84. The van der Waals surface area contributed by atoms with Crippen molar-refractivity contribution in [3.8, 4) is 0 Å². The number of hydrogen-bond acceptors (Lipinski definition) is 2. The van der Waals surface area contributed by atoms with Crippen LogP contribution in [0.2, 0.25) is 0 Å². The van der Waals surface area contributed by atoms with Crippen molar-refractivity contribution >= 4 is 12.4 Å². The topological polar surface area (TPSA) is 25.2 Å². The third kappa shape index (κ3) is 6.75. The fourth-order valence-electron chi connectivity index (χ4n) is 2.28. The fraction of sp³-hybridized carbons (Fsp3) is 0.714. The van der Waals surface area contributed by atoms with E-state index in [4.69, 9.17) is 4.42 Å². The molecule has 3 heteroatoms. The first-order chi connectivity index (χ1) is 7.39. The van der Waals surface area contributed by atoms with Crippen LogP contribution in [0.25, 0.3) is 0 Å². The Morgan fingerprint density at radius 2 is 1.94 bits per heavy atom. The monoisotopic (exact) mass is 259 g/mol. The van der Waals surface area contributed by atoms with Crippen LogP contribution in [0.5, 0.6) is 0 Å². The van der Waals surface area contributed by atoms with Gasteiger partial charge in [0.15, 0.2) is 0 Å². The molecule has 0 aliphatic carbocycles.